The fraction of sp³-hybridized carbons (Fsp3) is 0.217. The zero-order chi connectivity index (χ0) is 19.9. The number of hydrogen-bond acceptors (Lipinski definition) is 4. The molecule has 0 saturated carbocycles. The lowest BCUT2D eigenvalue weighted by Crippen LogP contribution is -2.24. The Kier molecular flexibility index (Phi) is 6.27. The van der Waals surface area contributed by atoms with E-state index in [1.54, 1.807) is 19.4 Å². The number of amides is 1. The molecule has 3 rings (SSSR count). The van der Waals surface area contributed by atoms with Crippen LogP contribution in [0.5, 0.6) is 5.75 Å². The molecule has 0 bridgehead atoms. The van der Waals surface area contributed by atoms with Crippen LogP contribution in [0.15, 0.2) is 60.8 Å². The molecule has 0 fully saturated rings. The molecule has 1 aromatic heterocycles. The number of ether oxygens (including phenoxy) is 1. The molecule has 144 valence electrons. The second kappa shape index (κ2) is 9.04. The van der Waals surface area contributed by atoms with E-state index in [9.17, 15) is 4.79 Å². The minimum Gasteiger partial charge on any atom is -0.496 e. The fourth-order valence-electron chi connectivity index (χ4n) is 3.09. The first-order chi connectivity index (χ1) is 13.6. The maximum atomic E-state index is 12.6. The van der Waals surface area contributed by atoms with Crippen molar-refractivity contribution in [2.45, 2.75) is 26.8 Å². The molecule has 0 atom stereocenters. The molecule has 0 radical (unpaired) electrons. The second-order valence-electron chi connectivity index (χ2n) is 6.51. The molecule has 0 aliphatic carbocycles. The molecule has 5 heteroatoms. The largest absolute Gasteiger partial charge is 0.496 e. The molecule has 0 saturated heterocycles. The molecule has 5 nitrogen and oxygen atoms in total. The number of hydrogen-bond donors (Lipinski definition) is 2. The summed E-state index contributed by atoms with van der Waals surface area (Å²) in [7, 11) is 1.62. The van der Waals surface area contributed by atoms with Crippen molar-refractivity contribution in [2.24, 2.45) is 0 Å². The third-order valence-corrected chi connectivity index (χ3v) is 4.63. The van der Waals surface area contributed by atoms with E-state index in [-0.39, 0.29) is 5.91 Å². The number of carbonyl (C=O) groups is 1. The summed E-state index contributed by atoms with van der Waals surface area (Å²) in [4.78, 5) is 16.8. The molecule has 0 aliphatic rings. The number of nitrogens with one attached hydrogen (secondary N) is 2. The second-order valence-corrected chi connectivity index (χ2v) is 6.51. The normalized spacial score (nSPS) is 10.4. The smallest absolute Gasteiger partial charge is 0.270 e. The van der Waals surface area contributed by atoms with E-state index in [0.717, 1.165) is 29.1 Å². The quantitative estimate of drug-likeness (QED) is 0.632. The molecular formula is C23H25N3O2. The Balaban J connectivity index is 1.73. The van der Waals surface area contributed by atoms with Crippen molar-refractivity contribution in [1.82, 2.24) is 10.3 Å². The number of methoxy groups -OCH3 is 1. The van der Waals surface area contributed by atoms with Crippen molar-refractivity contribution in [1.29, 1.82) is 0 Å². The maximum absolute atomic E-state index is 12.6. The van der Waals surface area contributed by atoms with Crippen LogP contribution < -0.4 is 15.4 Å². The summed E-state index contributed by atoms with van der Waals surface area (Å²) in [5.74, 6) is 0.521. The molecule has 0 aliphatic heterocycles. The molecule has 28 heavy (non-hydrogen) atoms. The van der Waals surface area contributed by atoms with Crippen LogP contribution in [0.25, 0.3) is 0 Å². The SMILES string of the molecule is CCc1cccc(C)c1Nc1ccnc(C(=O)NCc2ccccc2OC)c1. The number of pyridine rings is 1. The Morgan fingerprint density at radius 1 is 1.07 bits per heavy atom. The minimum atomic E-state index is -0.227. The van der Waals surface area contributed by atoms with Crippen LogP contribution in [-0.2, 0) is 13.0 Å². The average Bonchev–Trinajstić information content (AvgIpc) is 2.73. The van der Waals surface area contributed by atoms with Crippen molar-refractivity contribution in [3.05, 3.63) is 83.2 Å². The van der Waals surface area contributed by atoms with Gasteiger partial charge >= 0.3 is 0 Å². The van der Waals surface area contributed by atoms with Gasteiger partial charge in [0.25, 0.3) is 5.91 Å². The summed E-state index contributed by atoms with van der Waals surface area (Å²) in [5, 5.41) is 6.34. The Morgan fingerprint density at radius 3 is 2.64 bits per heavy atom. The van der Waals surface area contributed by atoms with Crippen LogP contribution in [0.4, 0.5) is 11.4 Å². The van der Waals surface area contributed by atoms with Gasteiger partial charge in [-0.15, -0.1) is 0 Å². The summed E-state index contributed by atoms with van der Waals surface area (Å²) in [5.41, 5.74) is 5.60. The summed E-state index contributed by atoms with van der Waals surface area (Å²) in [6.07, 6.45) is 2.57. The first-order valence-electron chi connectivity index (χ1n) is 9.34. The lowest BCUT2D eigenvalue weighted by Gasteiger charge is -2.14. The van der Waals surface area contributed by atoms with Gasteiger partial charge in [-0.25, -0.2) is 0 Å². The molecule has 0 unspecified atom stereocenters. The number of aryl methyl sites for hydroxylation is 2. The fourth-order valence-corrected chi connectivity index (χ4v) is 3.09. The van der Waals surface area contributed by atoms with Crippen LogP contribution in [-0.4, -0.2) is 18.0 Å². The highest BCUT2D eigenvalue weighted by Crippen LogP contribution is 2.25. The number of para-hydroxylation sites is 2. The zero-order valence-electron chi connectivity index (χ0n) is 16.5. The summed E-state index contributed by atoms with van der Waals surface area (Å²) >= 11 is 0. The van der Waals surface area contributed by atoms with E-state index in [0.29, 0.717) is 12.2 Å². The van der Waals surface area contributed by atoms with Gasteiger partial charge in [0.1, 0.15) is 11.4 Å². The summed E-state index contributed by atoms with van der Waals surface area (Å²) < 4.78 is 5.32. The van der Waals surface area contributed by atoms with Crippen LogP contribution in [0, 0.1) is 6.92 Å². The number of aromatic nitrogens is 1. The Bertz CT molecular complexity index is 970. The van der Waals surface area contributed by atoms with Gasteiger partial charge in [-0.1, -0.05) is 43.3 Å². The van der Waals surface area contributed by atoms with Crippen molar-refractivity contribution in [2.75, 3.05) is 12.4 Å². The Morgan fingerprint density at radius 2 is 1.86 bits per heavy atom. The van der Waals surface area contributed by atoms with Crippen LogP contribution in [0.3, 0.4) is 0 Å². The van der Waals surface area contributed by atoms with Gasteiger partial charge in [-0.2, -0.15) is 0 Å². The van der Waals surface area contributed by atoms with Gasteiger partial charge in [0.2, 0.25) is 0 Å². The predicted molar refractivity (Wildman–Crippen MR) is 112 cm³/mol. The van der Waals surface area contributed by atoms with Crippen LogP contribution in [0.1, 0.15) is 34.1 Å². The van der Waals surface area contributed by atoms with E-state index in [4.69, 9.17) is 4.74 Å². The lowest BCUT2D eigenvalue weighted by molar-refractivity contribution is 0.0945. The lowest BCUT2D eigenvalue weighted by atomic mass is 10.1. The van der Waals surface area contributed by atoms with Gasteiger partial charge in [-0.05, 0) is 42.7 Å². The van der Waals surface area contributed by atoms with Crippen molar-refractivity contribution in [3.8, 4) is 5.75 Å². The van der Waals surface area contributed by atoms with Crippen LogP contribution in [0.2, 0.25) is 0 Å². The monoisotopic (exact) mass is 375 g/mol. The van der Waals surface area contributed by atoms with Gasteiger partial charge < -0.3 is 15.4 Å². The number of nitrogens with zero attached hydrogens (tertiary/aromatic N) is 1. The molecule has 0 spiro atoms. The first-order valence-corrected chi connectivity index (χ1v) is 9.34. The molecule has 3 aromatic rings. The molecule has 2 N–H and O–H groups in total. The van der Waals surface area contributed by atoms with Gasteiger partial charge in [0.15, 0.2) is 0 Å². The highest BCUT2D eigenvalue weighted by atomic mass is 16.5. The number of anilines is 2. The topological polar surface area (TPSA) is 63.2 Å². The average molecular weight is 375 g/mol. The molecule has 2 aromatic carbocycles. The highest BCUT2D eigenvalue weighted by Gasteiger charge is 2.11. The maximum Gasteiger partial charge on any atom is 0.270 e. The van der Waals surface area contributed by atoms with Gasteiger partial charge in [0.05, 0.1) is 7.11 Å². The van der Waals surface area contributed by atoms with E-state index in [1.165, 1.54) is 11.1 Å². The third kappa shape index (κ3) is 4.49. The van der Waals surface area contributed by atoms with E-state index < -0.39 is 0 Å². The highest BCUT2D eigenvalue weighted by molar-refractivity contribution is 5.93. The molecule has 1 heterocycles. The number of carbonyl (C=O) groups excluding carboxylic acids is 1. The first kappa shape index (κ1) is 19.4. The zero-order valence-corrected chi connectivity index (χ0v) is 16.5. The summed E-state index contributed by atoms with van der Waals surface area (Å²) in [6.45, 7) is 4.58. The standard InChI is InChI=1S/C23H25N3O2/c1-4-17-10-7-8-16(2)22(17)26-19-12-13-24-20(14-19)23(27)25-15-18-9-5-6-11-21(18)28-3/h5-14H,4,15H2,1-3H3,(H,24,26)(H,25,27). The number of rotatable bonds is 7. The number of benzene rings is 2. The molecular weight excluding hydrogens is 350 g/mol. The van der Waals surface area contributed by atoms with Crippen molar-refractivity contribution >= 4 is 17.3 Å². The summed E-state index contributed by atoms with van der Waals surface area (Å²) in [6, 6.07) is 17.5. The van der Waals surface area contributed by atoms with E-state index >= 15 is 0 Å². The van der Waals surface area contributed by atoms with Gasteiger partial charge in [0, 0.05) is 29.7 Å². The Labute approximate surface area is 165 Å². The third-order valence-electron chi connectivity index (χ3n) is 4.63. The van der Waals surface area contributed by atoms with E-state index in [1.807, 2.05) is 30.3 Å². The predicted octanol–water partition coefficient (Wildman–Crippen LogP) is 4.63. The van der Waals surface area contributed by atoms with Crippen molar-refractivity contribution in [3.63, 3.8) is 0 Å². The van der Waals surface area contributed by atoms with E-state index in [2.05, 4.69) is 47.7 Å². The van der Waals surface area contributed by atoms with Crippen LogP contribution >= 0.6 is 0 Å². The Hall–Kier alpha value is -3.34. The minimum absolute atomic E-state index is 0.227. The van der Waals surface area contributed by atoms with Crippen molar-refractivity contribution < 1.29 is 9.53 Å². The molecule has 1 amide bonds. The van der Waals surface area contributed by atoms with Gasteiger partial charge in [-0.3, -0.25) is 9.78 Å².